The molecule has 0 unspecified atom stereocenters. The van der Waals surface area contributed by atoms with Crippen LogP contribution in [-0.2, 0) is 23.8 Å². The minimum absolute atomic E-state index is 0.00879. The number of hydrogen-bond donors (Lipinski definition) is 4. The number of amides is 1. The van der Waals surface area contributed by atoms with Gasteiger partial charge in [-0.25, -0.2) is 4.98 Å². The maximum absolute atomic E-state index is 14.7. The molecule has 0 radical (unpaired) electrons. The Labute approximate surface area is 359 Å². The van der Waals surface area contributed by atoms with E-state index in [0.717, 1.165) is 31.6 Å². The van der Waals surface area contributed by atoms with Crippen molar-refractivity contribution in [3.63, 3.8) is 0 Å². The third-order valence-corrected chi connectivity index (χ3v) is 12.8. The quantitative estimate of drug-likeness (QED) is 0.0742. The summed E-state index contributed by atoms with van der Waals surface area (Å²) in [6.07, 6.45) is 5.80. The Bertz CT molecular complexity index is 2610. The topological polar surface area (TPSA) is 207 Å². The number of allylic oxidation sites excluding steroid dienone is 2. The average Bonchev–Trinajstić information content (AvgIpc) is 3.88. The van der Waals surface area contributed by atoms with Crippen LogP contribution >= 0.6 is 0 Å². The highest BCUT2D eigenvalue weighted by molar-refractivity contribution is 6.26. The molecule has 330 valence electrons. The third-order valence-electron chi connectivity index (χ3n) is 12.8. The Morgan fingerprint density at radius 2 is 1.69 bits per heavy atom. The number of phenols is 1. The molecule has 0 spiro atoms. The van der Waals surface area contributed by atoms with E-state index in [0.29, 0.717) is 11.1 Å². The molecule has 4 bridgehead atoms. The van der Waals surface area contributed by atoms with Gasteiger partial charge in [-0.2, -0.15) is 0 Å². The zero-order valence-corrected chi connectivity index (χ0v) is 36.5. The number of rotatable bonds is 3. The fourth-order valence-corrected chi connectivity index (χ4v) is 8.97. The second kappa shape index (κ2) is 17.2. The highest BCUT2D eigenvalue weighted by Crippen LogP contribution is 2.48. The van der Waals surface area contributed by atoms with Crippen LogP contribution in [0.15, 0.2) is 63.6 Å². The molecule has 1 aromatic heterocycles. The third kappa shape index (κ3) is 7.81. The molecule has 4 aromatic rings. The molecular weight excluding hydrogens is 799 g/mol. The number of aromatic nitrogens is 1. The zero-order valence-electron chi connectivity index (χ0n) is 36.5. The lowest BCUT2D eigenvalue weighted by molar-refractivity contribution is -0.160. The van der Waals surface area contributed by atoms with E-state index in [9.17, 15) is 34.5 Å². The number of hydrogen-bond acceptors (Lipinski definition) is 14. The smallest absolute Gasteiger partial charge is 0.312 e. The monoisotopic (exact) mass is 853 g/mol. The van der Waals surface area contributed by atoms with E-state index in [-0.39, 0.29) is 50.0 Å². The van der Waals surface area contributed by atoms with Gasteiger partial charge in [0, 0.05) is 86.0 Å². The number of nitrogens with zero attached hydrogens (tertiary/aromatic N) is 2. The molecule has 0 aliphatic carbocycles. The number of carbonyl (C=O) groups is 3. The molecule has 15 heteroatoms. The van der Waals surface area contributed by atoms with E-state index in [1.165, 1.54) is 46.3 Å². The fraction of sp³-hybridized carbons (Fsp3) is 0.468. The van der Waals surface area contributed by atoms with Gasteiger partial charge >= 0.3 is 11.8 Å². The molecule has 1 saturated heterocycles. The van der Waals surface area contributed by atoms with Crippen LogP contribution in [-0.4, -0.2) is 88.4 Å². The lowest BCUT2D eigenvalue weighted by Gasteiger charge is -2.38. The second-order valence-corrected chi connectivity index (χ2v) is 17.1. The van der Waals surface area contributed by atoms with Gasteiger partial charge in [-0.05, 0) is 44.9 Å². The molecule has 4 N–H and O–H groups in total. The van der Waals surface area contributed by atoms with E-state index < -0.39 is 82.7 Å². The summed E-state index contributed by atoms with van der Waals surface area (Å²) in [5.41, 5.74) is 0.815. The van der Waals surface area contributed by atoms with Crippen LogP contribution in [0.3, 0.4) is 0 Å². The van der Waals surface area contributed by atoms with Gasteiger partial charge in [0.25, 0.3) is 11.7 Å². The summed E-state index contributed by atoms with van der Waals surface area (Å²) >= 11 is 0. The normalized spacial score (nSPS) is 30.6. The van der Waals surface area contributed by atoms with Gasteiger partial charge < -0.3 is 48.9 Å². The number of phenolic OH excluding ortho intramolecular Hbond substituents is 1. The summed E-state index contributed by atoms with van der Waals surface area (Å²) in [6, 6.07) is 5.53. The van der Waals surface area contributed by atoms with Crippen molar-refractivity contribution in [2.75, 3.05) is 30.4 Å². The Kier molecular flexibility index (Phi) is 12.3. The summed E-state index contributed by atoms with van der Waals surface area (Å²) in [7, 11) is 1.45. The van der Waals surface area contributed by atoms with Gasteiger partial charge in [0.2, 0.25) is 0 Å². The summed E-state index contributed by atoms with van der Waals surface area (Å²) in [6.45, 7) is 14.4. The molecule has 3 aliphatic heterocycles. The number of aliphatic hydroxyl groups is 2. The molecule has 3 aromatic carbocycles. The minimum atomic E-state index is -2.02. The van der Waals surface area contributed by atoms with E-state index in [1.807, 2.05) is 12.1 Å². The molecule has 3 aliphatic rings. The van der Waals surface area contributed by atoms with Crippen molar-refractivity contribution in [3.8, 4) is 11.5 Å². The van der Waals surface area contributed by atoms with Crippen LogP contribution in [0.1, 0.15) is 77.2 Å². The number of aliphatic hydroxyl groups excluding tert-OH is 2. The molecular formula is C47H55N3O12. The number of nitrogens with one attached hydrogen (secondary N) is 1. The molecule has 7 rings (SSSR count). The Balaban J connectivity index is 1.44. The largest absolute Gasteiger partial charge is 0.505 e. The van der Waals surface area contributed by atoms with Crippen LogP contribution in [0.2, 0.25) is 0 Å². The SMILES string of the molecule is CO[C@H]1/C=C/O[C@@]2(C)Oc3c(C)c(=O)c4c(O)c(c5oc6cc(N7CCCC7)ccc6nc5c4c3C2=O)NC(=O)/C(C)=C\C=C\[C@H](C)[C@H](O)[C@@H](C)[C@@H](O)[C@@H](C)[C@H](OC(C)=O)[C@@H]1C. The van der Waals surface area contributed by atoms with E-state index in [1.54, 1.807) is 52.8 Å². The summed E-state index contributed by atoms with van der Waals surface area (Å²) in [5, 5.41) is 37.5. The fourth-order valence-electron chi connectivity index (χ4n) is 8.97. The average molecular weight is 854 g/mol. The van der Waals surface area contributed by atoms with Crippen molar-refractivity contribution in [1.82, 2.24) is 4.98 Å². The molecule has 4 heterocycles. The minimum Gasteiger partial charge on any atom is -0.505 e. The standard InChI is InChI=1S/C47H55N3O12/c1-22-13-12-14-23(2)46(57)49-37-41(55)34-33(36-44(37)61-32-21-29(15-16-30(32)48-36)50-18-10-11-19-50)35-43(27(6)40(34)54)62-47(8,45(35)56)59-20-17-31(58-9)24(3)42(60-28(7)51)26(5)39(53)25(4)38(22)52/h12-17,20-22,24-26,31,38-39,42,52-53,55H,10-11,18-19H2,1-9H3,(H,49,57)/b13-12+,20-17+,23-14-/t22-,24+,25+,26+,31-,38-,39+,42+,47-/m0/s1. The van der Waals surface area contributed by atoms with E-state index in [4.69, 9.17) is 28.3 Å². The van der Waals surface area contributed by atoms with Gasteiger partial charge in [0.15, 0.2) is 22.3 Å². The van der Waals surface area contributed by atoms with Gasteiger partial charge in [0.1, 0.15) is 28.6 Å². The molecule has 1 amide bonds. The Morgan fingerprint density at radius 1 is 0.984 bits per heavy atom. The van der Waals surface area contributed by atoms with Gasteiger partial charge in [0.05, 0.1) is 35.5 Å². The van der Waals surface area contributed by atoms with Crippen LogP contribution in [0.4, 0.5) is 11.4 Å². The summed E-state index contributed by atoms with van der Waals surface area (Å²) in [5.74, 6) is -7.09. The number of methoxy groups -OCH3 is 1. The van der Waals surface area contributed by atoms with Crippen LogP contribution in [0.5, 0.6) is 11.5 Å². The van der Waals surface area contributed by atoms with Crippen molar-refractivity contribution >= 4 is 62.0 Å². The van der Waals surface area contributed by atoms with E-state index >= 15 is 0 Å². The first-order chi connectivity index (χ1) is 29.4. The summed E-state index contributed by atoms with van der Waals surface area (Å²) < 4.78 is 30.4. The van der Waals surface area contributed by atoms with Gasteiger partial charge in [-0.15, -0.1) is 0 Å². The highest BCUT2D eigenvalue weighted by atomic mass is 16.7. The van der Waals surface area contributed by atoms with Crippen molar-refractivity contribution in [3.05, 3.63) is 75.7 Å². The number of carbonyl (C=O) groups excluding carboxylic acids is 3. The lowest BCUT2D eigenvalue weighted by atomic mass is 9.78. The maximum Gasteiger partial charge on any atom is 0.312 e. The second-order valence-electron chi connectivity index (χ2n) is 17.1. The molecule has 0 saturated carbocycles. The molecule has 62 heavy (non-hydrogen) atoms. The van der Waals surface area contributed by atoms with Crippen LogP contribution in [0.25, 0.3) is 33.0 Å². The number of anilines is 2. The van der Waals surface area contributed by atoms with Crippen molar-refractivity contribution in [1.29, 1.82) is 0 Å². The Hall–Kier alpha value is -5.77. The molecule has 15 nitrogen and oxygen atoms in total. The van der Waals surface area contributed by atoms with Crippen molar-refractivity contribution < 1.29 is 53.1 Å². The summed E-state index contributed by atoms with van der Waals surface area (Å²) in [4.78, 5) is 62.5. The number of benzene rings is 3. The number of fused-ring (bicyclic) bond motifs is 2. The Morgan fingerprint density at radius 3 is 2.37 bits per heavy atom. The lowest BCUT2D eigenvalue weighted by Crippen LogP contribution is -2.46. The molecule has 9 atom stereocenters. The van der Waals surface area contributed by atoms with Crippen LogP contribution < -0.4 is 20.4 Å². The number of esters is 1. The van der Waals surface area contributed by atoms with Gasteiger partial charge in [-0.3, -0.25) is 19.2 Å². The maximum atomic E-state index is 14.7. The first kappa shape index (κ1) is 44.3. The first-order valence-electron chi connectivity index (χ1n) is 21.0. The first-order valence-corrected chi connectivity index (χ1v) is 21.0. The van der Waals surface area contributed by atoms with E-state index in [2.05, 4.69) is 10.2 Å². The van der Waals surface area contributed by atoms with Crippen LogP contribution in [0, 0.1) is 30.6 Å². The number of aromatic hydroxyl groups is 1. The number of Topliss-reactive ketones (excluding diaryl/α,β-unsaturated/α-hetero) is 1. The predicted molar refractivity (Wildman–Crippen MR) is 233 cm³/mol. The number of ketones is 1. The highest BCUT2D eigenvalue weighted by Gasteiger charge is 2.49. The van der Waals surface area contributed by atoms with Gasteiger partial charge in [-0.1, -0.05) is 45.9 Å². The van der Waals surface area contributed by atoms with Crippen molar-refractivity contribution in [2.24, 2.45) is 23.7 Å². The number of ether oxygens (including phenoxy) is 4. The van der Waals surface area contributed by atoms with Crippen molar-refractivity contribution in [2.45, 2.75) is 98.4 Å². The predicted octanol–water partition coefficient (Wildman–Crippen LogP) is 6.60. The zero-order chi connectivity index (χ0) is 44.9. The molecule has 1 fully saturated rings.